The topological polar surface area (TPSA) is 29.5 Å². The van der Waals surface area contributed by atoms with Gasteiger partial charge in [0.05, 0.1) is 6.61 Å². The first-order chi connectivity index (χ1) is 9.96. The van der Waals surface area contributed by atoms with Crippen molar-refractivity contribution < 1.29 is 9.53 Å². The van der Waals surface area contributed by atoms with Gasteiger partial charge in [0.15, 0.2) is 0 Å². The highest BCUT2D eigenvalue weighted by molar-refractivity contribution is 6.31. The Morgan fingerprint density at radius 2 is 2.29 bits per heavy atom. The molecule has 3 nitrogen and oxygen atoms in total. The van der Waals surface area contributed by atoms with Gasteiger partial charge in [0.1, 0.15) is 0 Å². The van der Waals surface area contributed by atoms with Crippen LogP contribution >= 0.6 is 11.6 Å². The van der Waals surface area contributed by atoms with E-state index in [1.54, 1.807) is 0 Å². The van der Waals surface area contributed by atoms with Crippen LogP contribution in [0.15, 0.2) is 18.2 Å². The van der Waals surface area contributed by atoms with Gasteiger partial charge in [-0.1, -0.05) is 37.6 Å². The average Bonchev–Trinajstić information content (AvgIpc) is 2.76. The van der Waals surface area contributed by atoms with E-state index in [2.05, 4.69) is 19.9 Å². The lowest BCUT2D eigenvalue weighted by Crippen LogP contribution is -2.33. The third kappa shape index (κ3) is 2.32. The van der Waals surface area contributed by atoms with E-state index in [0.29, 0.717) is 18.4 Å². The van der Waals surface area contributed by atoms with Crippen LogP contribution in [-0.2, 0) is 4.74 Å². The summed E-state index contributed by atoms with van der Waals surface area (Å²) < 4.78 is 5.18. The third-order valence-corrected chi connectivity index (χ3v) is 5.38. The molecule has 0 radical (unpaired) electrons. The summed E-state index contributed by atoms with van der Waals surface area (Å²) in [6.07, 6.45) is 0.869. The van der Waals surface area contributed by atoms with Crippen LogP contribution in [0.3, 0.4) is 0 Å². The minimum atomic E-state index is -0.190. The number of benzene rings is 1. The molecule has 1 aliphatic heterocycles. The van der Waals surface area contributed by atoms with Crippen LogP contribution in [0.2, 0.25) is 5.02 Å². The number of carbonyl (C=O) groups excluding carboxylic acids is 1. The fourth-order valence-corrected chi connectivity index (χ4v) is 4.63. The van der Waals surface area contributed by atoms with Crippen LogP contribution in [0.25, 0.3) is 0 Å². The monoisotopic (exact) mass is 307 g/mol. The minimum absolute atomic E-state index is 0.115. The van der Waals surface area contributed by atoms with Crippen molar-refractivity contribution in [2.75, 3.05) is 19.7 Å². The summed E-state index contributed by atoms with van der Waals surface area (Å²) in [5, 5.41) is 0.858. The van der Waals surface area contributed by atoms with E-state index in [1.807, 2.05) is 24.0 Å². The molecule has 1 fully saturated rings. The van der Waals surface area contributed by atoms with Crippen molar-refractivity contribution in [2.24, 2.45) is 5.41 Å². The summed E-state index contributed by atoms with van der Waals surface area (Å²) >= 11 is 6.42. The van der Waals surface area contributed by atoms with Gasteiger partial charge in [-0.05, 0) is 41.9 Å². The standard InChI is InChI=1S/C17H22ClNO2/c1-4-21-16(20)19-9-13-12-6-5-7-14(18)15(12)11(2)8-17(13,3)10-19/h5-7,11,13H,4,8-10H2,1-3H3/t11-,13-,17-/m0/s1. The van der Waals surface area contributed by atoms with E-state index in [0.717, 1.165) is 24.5 Å². The maximum atomic E-state index is 12.1. The molecule has 0 N–H and O–H groups in total. The Hall–Kier alpha value is -1.22. The Labute approximate surface area is 131 Å². The molecule has 0 saturated carbocycles. The molecule has 114 valence electrons. The zero-order chi connectivity index (χ0) is 15.2. The summed E-state index contributed by atoms with van der Waals surface area (Å²) in [5.74, 6) is 0.781. The normalized spacial score (nSPS) is 30.8. The molecule has 0 spiro atoms. The minimum Gasteiger partial charge on any atom is -0.450 e. The van der Waals surface area contributed by atoms with Crippen molar-refractivity contribution in [3.8, 4) is 0 Å². The van der Waals surface area contributed by atoms with Crippen LogP contribution in [0.1, 0.15) is 50.2 Å². The first-order valence-electron chi connectivity index (χ1n) is 7.66. The molecular formula is C17H22ClNO2. The smallest absolute Gasteiger partial charge is 0.409 e. The van der Waals surface area contributed by atoms with E-state index in [4.69, 9.17) is 16.3 Å². The second-order valence-corrected chi connectivity index (χ2v) is 7.04. The largest absolute Gasteiger partial charge is 0.450 e. The number of halogens is 1. The third-order valence-electron chi connectivity index (χ3n) is 5.05. The van der Waals surface area contributed by atoms with Gasteiger partial charge >= 0.3 is 6.09 Å². The van der Waals surface area contributed by atoms with Gasteiger partial charge in [0.25, 0.3) is 0 Å². The zero-order valence-electron chi connectivity index (χ0n) is 12.9. The summed E-state index contributed by atoms with van der Waals surface area (Å²) in [7, 11) is 0. The molecule has 3 atom stereocenters. The first kappa shape index (κ1) is 14.7. The molecule has 0 aromatic heterocycles. The van der Waals surface area contributed by atoms with Gasteiger partial charge in [-0.2, -0.15) is 0 Å². The SMILES string of the molecule is CCOC(=O)N1C[C@H]2c3cccc(Cl)c3[C@@H](C)C[C@@]2(C)C1. The van der Waals surface area contributed by atoms with Crippen LogP contribution in [-0.4, -0.2) is 30.7 Å². The number of hydrogen-bond donors (Lipinski definition) is 0. The fourth-order valence-electron chi connectivity index (χ4n) is 4.26. The molecule has 1 aromatic carbocycles. The quantitative estimate of drug-likeness (QED) is 0.769. The lowest BCUT2D eigenvalue weighted by Gasteiger charge is -2.40. The number of rotatable bonds is 1. The predicted octanol–water partition coefficient (Wildman–Crippen LogP) is 4.41. The molecule has 1 aliphatic carbocycles. The second kappa shape index (κ2) is 5.20. The first-order valence-corrected chi connectivity index (χ1v) is 8.04. The number of fused-ring (bicyclic) bond motifs is 3. The number of carbonyl (C=O) groups is 1. The van der Waals surface area contributed by atoms with E-state index in [-0.39, 0.29) is 11.5 Å². The van der Waals surface area contributed by atoms with Crippen LogP contribution in [0.5, 0.6) is 0 Å². The van der Waals surface area contributed by atoms with Crippen LogP contribution in [0.4, 0.5) is 4.79 Å². The number of likely N-dealkylation sites (tertiary alicyclic amines) is 1. The van der Waals surface area contributed by atoms with Gasteiger partial charge in [-0.3, -0.25) is 0 Å². The van der Waals surface area contributed by atoms with Crippen molar-refractivity contribution in [3.05, 3.63) is 34.3 Å². The Morgan fingerprint density at radius 1 is 1.52 bits per heavy atom. The van der Waals surface area contributed by atoms with Gasteiger partial charge in [-0.25, -0.2) is 4.79 Å². The molecular weight excluding hydrogens is 286 g/mol. The molecule has 1 saturated heterocycles. The number of hydrogen-bond acceptors (Lipinski definition) is 2. The summed E-state index contributed by atoms with van der Waals surface area (Å²) in [5.41, 5.74) is 2.70. The maximum Gasteiger partial charge on any atom is 0.409 e. The zero-order valence-corrected chi connectivity index (χ0v) is 13.6. The highest BCUT2D eigenvalue weighted by Gasteiger charge is 2.50. The Morgan fingerprint density at radius 3 is 3.00 bits per heavy atom. The molecule has 2 aliphatic rings. The average molecular weight is 308 g/mol. The fraction of sp³-hybridized carbons (Fsp3) is 0.588. The van der Waals surface area contributed by atoms with Gasteiger partial charge < -0.3 is 9.64 Å². The molecule has 1 aromatic rings. The Bertz CT molecular complexity index is 574. The summed E-state index contributed by atoms with van der Waals surface area (Å²) in [4.78, 5) is 13.9. The second-order valence-electron chi connectivity index (χ2n) is 6.63. The Kier molecular flexibility index (Phi) is 3.64. The van der Waals surface area contributed by atoms with E-state index < -0.39 is 0 Å². The summed E-state index contributed by atoms with van der Waals surface area (Å²) in [6, 6.07) is 6.17. The molecule has 21 heavy (non-hydrogen) atoms. The van der Waals surface area contributed by atoms with Gasteiger partial charge in [0, 0.05) is 24.0 Å². The number of ether oxygens (including phenoxy) is 1. The summed E-state index contributed by atoms with van der Waals surface area (Å²) in [6.45, 7) is 8.30. The van der Waals surface area contributed by atoms with E-state index >= 15 is 0 Å². The highest BCUT2D eigenvalue weighted by atomic mass is 35.5. The van der Waals surface area contributed by atoms with Crippen LogP contribution < -0.4 is 0 Å². The van der Waals surface area contributed by atoms with Crippen molar-refractivity contribution in [1.29, 1.82) is 0 Å². The van der Waals surface area contributed by atoms with E-state index in [9.17, 15) is 4.79 Å². The van der Waals surface area contributed by atoms with Gasteiger partial charge in [-0.15, -0.1) is 0 Å². The number of amides is 1. The van der Waals surface area contributed by atoms with Crippen molar-refractivity contribution >= 4 is 17.7 Å². The van der Waals surface area contributed by atoms with Crippen molar-refractivity contribution in [3.63, 3.8) is 0 Å². The number of nitrogens with zero attached hydrogens (tertiary/aromatic N) is 1. The lowest BCUT2D eigenvalue weighted by atomic mass is 9.63. The van der Waals surface area contributed by atoms with Crippen LogP contribution in [0, 0.1) is 5.41 Å². The lowest BCUT2D eigenvalue weighted by molar-refractivity contribution is 0.110. The molecule has 0 unspecified atom stereocenters. The predicted molar refractivity (Wildman–Crippen MR) is 83.9 cm³/mol. The maximum absolute atomic E-state index is 12.1. The molecule has 0 bridgehead atoms. The molecule has 1 heterocycles. The van der Waals surface area contributed by atoms with Gasteiger partial charge in [0.2, 0.25) is 0 Å². The van der Waals surface area contributed by atoms with E-state index in [1.165, 1.54) is 11.1 Å². The highest BCUT2D eigenvalue weighted by Crippen LogP contribution is 2.55. The Balaban J connectivity index is 1.97. The van der Waals surface area contributed by atoms with Crippen molar-refractivity contribution in [2.45, 2.75) is 39.0 Å². The molecule has 1 amide bonds. The molecule has 3 rings (SSSR count). The molecule has 4 heteroatoms. The van der Waals surface area contributed by atoms with Crippen molar-refractivity contribution in [1.82, 2.24) is 4.90 Å².